The predicted molar refractivity (Wildman–Crippen MR) is 76.2 cm³/mol. The highest BCUT2D eigenvalue weighted by molar-refractivity contribution is 9.11. The lowest BCUT2D eigenvalue weighted by Gasteiger charge is -2.15. The molecule has 0 saturated heterocycles. The van der Waals surface area contributed by atoms with E-state index in [4.69, 9.17) is 5.11 Å². The van der Waals surface area contributed by atoms with Crippen molar-refractivity contribution in [2.45, 2.75) is 12.5 Å². The first-order valence-electron chi connectivity index (χ1n) is 5.63. The van der Waals surface area contributed by atoms with Crippen LogP contribution in [-0.2, 0) is 11.2 Å². The van der Waals surface area contributed by atoms with Crippen molar-refractivity contribution in [3.63, 3.8) is 0 Å². The van der Waals surface area contributed by atoms with Gasteiger partial charge in [0.05, 0.1) is 6.54 Å². The van der Waals surface area contributed by atoms with E-state index in [-0.39, 0.29) is 13.0 Å². The molecular weight excluding hydrogens is 312 g/mol. The fraction of sp³-hybridized carbons (Fsp3) is 0.231. The highest BCUT2D eigenvalue weighted by atomic mass is 79.9. The minimum absolute atomic E-state index is 0.235. The van der Waals surface area contributed by atoms with Crippen LogP contribution in [0, 0.1) is 0 Å². The lowest BCUT2D eigenvalue weighted by molar-refractivity contribution is -0.139. The molecule has 0 heterocycles. The minimum Gasteiger partial charge on any atom is -0.480 e. The largest absolute Gasteiger partial charge is 0.480 e. The molecule has 3 N–H and O–H groups in total. The van der Waals surface area contributed by atoms with E-state index in [1.807, 2.05) is 30.3 Å². The number of carboxylic acid groups (broad SMARTS) is 1. The zero-order valence-electron chi connectivity index (χ0n) is 10.2. The molecule has 0 aromatic heterocycles. The summed E-state index contributed by atoms with van der Waals surface area (Å²) in [5.41, 5.74) is 0.847. The molecule has 1 rings (SSSR count). The Morgan fingerprint density at radius 2 is 1.95 bits per heavy atom. The summed E-state index contributed by atoms with van der Waals surface area (Å²) in [4.78, 5) is 22.6. The average Bonchev–Trinajstić information content (AvgIpc) is 2.36. The van der Waals surface area contributed by atoms with Crippen LogP contribution in [0.2, 0.25) is 0 Å². The van der Waals surface area contributed by atoms with Gasteiger partial charge in [0, 0.05) is 10.9 Å². The predicted octanol–water partition coefficient (Wildman–Crippen LogP) is 1.89. The minimum atomic E-state index is -1.07. The Kier molecular flexibility index (Phi) is 6.08. The second-order valence-corrected chi connectivity index (χ2v) is 5.05. The van der Waals surface area contributed by atoms with Crippen LogP contribution in [-0.4, -0.2) is 29.7 Å². The van der Waals surface area contributed by atoms with Gasteiger partial charge < -0.3 is 15.7 Å². The van der Waals surface area contributed by atoms with E-state index < -0.39 is 18.0 Å². The molecule has 1 aromatic rings. The Morgan fingerprint density at radius 1 is 1.32 bits per heavy atom. The quantitative estimate of drug-likeness (QED) is 0.747. The van der Waals surface area contributed by atoms with Crippen molar-refractivity contribution >= 4 is 27.9 Å². The van der Waals surface area contributed by atoms with Gasteiger partial charge >= 0.3 is 12.0 Å². The lowest BCUT2D eigenvalue weighted by atomic mass is 10.1. The van der Waals surface area contributed by atoms with Gasteiger partial charge in [0.25, 0.3) is 0 Å². The maximum absolute atomic E-state index is 11.5. The number of carbonyl (C=O) groups is 2. The molecule has 1 atom stereocenters. The number of hydrogen-bond acceptors (Lipinski definition) is 2. The third kappa shape index (κ3) is 6.05. The fourth-order valence-corrected chi connectivity index (χ4v) is 1.58. The first-order chi connectivity index (χ1) is 8.99. The van der Waals surface area contributed by atoms with Crippen molar-refractivity contribution < 1.29 is 14.7 Å². The number of amides is 2. The number of nitrogens with one attached hydrogen (secondary N) is 2. The summed E-state index contributed by atoms with van der Waals surface area (Å²) in [6.07, 6.45) is 0.235. The van der Waals surface area contributed by atoms with Crippen LogP contribution >= 0.6 is 15.9 Å². The third-order valence-electron chi connectivity index (χ3n) is 2.33. The number of aliphatic carboxylic acids is 1. The van der Waals surface area contributed by atoms with E-state index in [9.17, 15) is 9.59 Å². The van der Waals surface area contributed by atoms with Crippen LogP contribution in [0.1, 0.15) is 5.56 Å². The molecule has 1 unspecified atom stereocenters. The number of urea groups is 1. The number of carbonyl (C=O) groups excluding carboxylic acids is 1. The fourth-order valence-electron chi connectivity index (χ4n) is 1.44. The van der Waals surface area contributed by atoms with Crippen molar-refractivity contribution in [1.82, 2.24) is 10.6 Å². The van der Waals surface area contributed by atoms with Crippen molar-refractivity contribution in [1.29, 1.82) is 0 Å². The number of halogens is 1. The standard InChI is InChI=1S/C13H15BrN2O3/c1-9(14)8-15-13(19)16-11(12(17)18)7-10-5-3-2-4-6-10/h2-6,11H,1,7-8H2,(H,17,18)(H2,15,16,19). The van der Waals surface area contributed by atoms with Gasteiger partial charge in [-0.1, -0.05) is 52.8 Å². The summed E-state index contributed by atoms with van der Waals surface area (Å²) >= 11 is 3.10. The SMILES string of the molecule is C=C(Br)CNC(=O)NC(Cc1ccccc1)C(=O)O. The molecule has 0 radical (unpaired) electrons. The van der Waals surface area contributed by atoms with E-state index >= 15 is 0 Å². The molecular formula is C13H15BrN2O3. The van der Waals surface area contributed by atoms with Gasteiger partial charge in [0.1, 0.15) is 6.04 Å². The summed E-state index contributed by atoms with van der Waals surface area (Å²) in [5.74, 6) is -1.07. The van der Waals surface area contributed by atoms with Crippen molar-refractivity contribution in [2.75, 3.05) is 6.54 Å². The second-order valence-electron chi connectivity index (χ2n) is 3.92. The second kappa shape index (κ2) is 7.58. The zero-order valence-corrected chi connectivity index (χ0v) is 11.8. The number of rotatable bonds is 6. The van der Waals surface area contributed by atoms with Crippen molar-refractivity contribution in [3.05, 3.63) is 47.0 Å². The average molecular weight is 327 g/mol. The summed E-state index contributed by atoms with van der Waals surface area (Å²) in [6, 6.07) is 7.62. The molecule has 0 aliphatic carbocycles. The lowest BCUT2D eigenvalue weighted by Crippen LogP contribution is -2.47. The smallest absolute Gasteiger partial charge is 0.326 e. The Hall–Kier alpha value is -1.82. The molecule has 0 bridgehead atoms. The van der Waals surface area contributed by atoms with Crippen LogP contribution in [0.25, 0.3) is 0 Å². The summed E-state index contributed by atoms with van der Waals surface area (Å²) in [6.45, 7) is 3.81. The van der Waals surface area contributed by atoms with Gasteiger partial charge in [0.2, 0.25) is 0 Å². The van der Waals surface area contributed by atoms with Crippen molar-refractivity contribution in [2.24, 2.45) is 0 Å². The van der Waals surface area contributed by atoms with Gasteiger partial charge in [0.15, 0.2) is 0 Å². The van der Waals surface area contributed by atoms with Crippen LogP contribution in [0.15, 0.2) is 41.4 Å². The molecule has 0 saturated carbocycles. The van der Waals surface area contributed by atoms with Gasteiger partial charge in [-0.05, 0) is 5.56 Å². The number of carboxylic acids is 1. The molecule has 0 aliphatic rings. The molecule has 0 aliphatic heterocycles. The molecule has 1 aromatic carbocycles. The third-order valence-corrected chi connectivity index (χ3v) is 2.61. The first kappa shape index (κ1) is 15.2. The molecule has 19 heavy (non-hydrogen) atoms. The van der Waals surface area contributed by atoms with Crippen LogP contribution < -0.4 is 10.6 Å². The normalized spacial score (nSPS) is 11.4. The Bertz CT molecular complexity index is 462. The molecule has 5 nitrogen and oxygen atoms in total. The summed E-state index contributed by atoms with van der Waals surface area (Å²) < 4.78 is 0.609. The van der Waals surface area contributed by atoms with Crippen LogP contribution in [0.5, 0.6) is 0 Å². The molecule has 0 fully saturated rings. The summed E-state index contributed by atoms with van der Waals surface area (Å²) in [7, 11) is 0. The maximum Gasteiger partial charge on any atom is 0.326 e. The first-order valence-corrected chi connectivity index (χ1v) is 6.42. The molecule has 2 amide bonds. The van der Waals surface area contributed by atoms with E-state index in [0.29, 0.717) is 4.48 Å². The van der Waals surface area contributed by atoms with E-state index in [2.05, 4.69) is 33.1 Å². The number of benzene rings is 1. The monoisotopic (exact) mass is 326 g/mol. The maximum atomic E-state index is 11.5. The zero-order chi connectivity index (χ0) is 14.3. The Morgan fingerprint density at radius 3 is 2.47 bits per heavy atom. The van der Waals surface area contributed by atoms with Crippen LogP contribution in [0.3, 0.4) is 0 Å². The number of hydrogen-bond donors (Lipinski definition) is 3. The molecule has 0 spiro atoms. The molecule has 6 heteroatoms. The van der Waals surface area contributed by atoms with Gasteiger partial charge in [-0.3, -0.25) is 0 Å². The van der Waals surface area contributed by atoms with Crippen LogP contribution in [0.4, 0.5) is 4.79 Å². The topological polar surface area (TPSA) is 78.4 Å². The van der Waals surface area contributed by atoms with Gasteiger partial charge in [-0.25, -0.2) is 9.59 Å². The highest BCUT2D eigenvalue weighted by Gasteiger charge is 2.20. The van der Waals surface area contributed by atoms with E-state index in [0.717, 1.165) is 5.56 Å². The summed E-state index contributed by atoms with van der Waals surface area (Å²) in [5, 5.41) is 14.0. The van der Waals surface area contributed by atoms with Gasteiger partial charge in [-0.2, -0.15) is 0 Å². The Labute approximate surface area is 119 Å². The Balaban J connectivity index is 2.56. The highest BCUT2D eigenvalue weighted by Crippen LogP contribution is 2.03. The van der Waals surface area contributed by atoms with Gasteiger partial charge in [-0.15, -0.1) is 0 Å². The van der Waals surface area contributed by atoms with Crippen molar-refractivity contribution in [3.8, 4) is 0 Å². The van der Waals surface area contributed by atoms with E-state index in [1.54, 1.807) is 0 Å². The van der Waals surface area contributed by atoms with E-state index in [1.165, 1.54) is 0 Å². The molecule has 102 valence electrons.